The van der Waals surface area contributed by atoms with Crippen molar-refractivity contribution in [1.29, 1.82) is 0 Å². The first-order chi connectivity index (χ1) is 16.3. The van der Waals surface area contributed by atoms with E-state index in [0.29, 0.717) is 10.7 Å². The predicted molar refractivity (Wildman–Crippen MR) is 142 cm³/mol. The van der Waals surface area contributed by atoms with Crippen molar-refractivity contribution in [2.45, 2.75) is 65.6 Å². The maximum atomic E-state index is 13.7. The molecule has 0 radical (unpaired) electrons. The molecule has 0 aliphatic heterocycles. The van der Waals surface area contributed by atoms with Crippen molar-refractivity contribution in [3.63, 3.8) is 0 Å². The Morgan fingerprint density at radius 2 is 1.69 bits per heavy atom. The summed E-state index contributed by atoms with van der Waals surface area (Å²) in [4.78, 5) is 28.0. The summed E-state index contributed by atoms with van der Waals surface area (Å²) in [6.45, 7) is 9.11. The highest BCUT2D eigenvalue weighted by Gasteiger charge is 2.31. The Morgan fingerprint density at radius 3 is 2.26 bits per heavy atom. The van der Waals surface area contributed by atoms with Gasteiger partial charge in [-0.3, -0.25) is 13.9 Å². The molecule has 7 nitrogen and oxygen atoms in total. The van der Waals surface area contributed by atoms with E-state index in [9.17, 15) is 18.0 Å². The first-order valence-electron chi connectivity index (χ1n) is 11.8. The van der Waals surface area contributed by atoms with Gasteiger partial charge in [0.1, 0.15) is 12.6 Å². The number of sulfonamides is 1. The van der Waals surface area contributed by atoms with E-state index in [1.807, 2.05) is 45.9 Å². The number of rotatable bonds is 11. The number of carbonyl (C=O) groups excluding carboxylic acids is 2. The summed E-state index contributed by atoms with van der Waals surface area (Å²) < 4.78 is 26.7. The van der Waals surface area contributed by atoms with Crippen LogP contribution in [0.5, 0.6) is 0 Å². The second-order valence-corrected chi connectivity index (χ2v) is 11.5. The third-order valence-corrected chi connectivity index (χ3v) is 7.28. The van der Waals surface area contributed by atoms with Crippen molar-refractivity contribution in [3.8, 4) is 0 Å². The third kappa shape index (κ3) is 7.97. The zero-order valence-corrected chi connectivity index (χ0v) is 22.9. The second-order valence-electron chi connectivity index (χ2n) is 9.13. The lowest BCUT2D eigenvalue weighted by Gasteiger charge is -2.32. The molecule has 35 heavy (non-hydrogen) atoms. The van der Waals surface area contributed by atoms with Crippen molar-refractivity contribution in [3.05, 3.63) is 64.7 Å². The molecule has 0 bridgehead atoms. The Labute approximate surface area is 214 Å². The van der Waals surface area contributed by atoms with Crippen molar-refractivity contribution in [2.24, 2.45) is 0 Å². The molecule has 0 unspecified atom stereocenters. The van der Waals surface area contributed by atoms with E-state index in [4.69, 9.17) is 11.6 Å². The van der Waals surface area contributed by atoms with E-state index in [1.54, 1.807) is 37.3 Å². The fraction of sp³-hybridized carbons (Fsp3) is 0.462. The highest BCUT2D eigenvalue weighted by Crippen LogP contribution is 2.29. The Balaban J connectivity index is 2.45. The molecule has 0 spiro atoms. The van der Waals surface area contributed by atoms with Gasteiger partial charge in [-0.15, -0.1) is 0 Å². The zero-order chi connectivity index (χ0) is 26.3. The molecule has 2 aromatic carbocycles. The zero-order valence-electron chi connectivity index (χ0n) is 21.3. The van der Waals surface area contributed by atoms with Crippen LogP contribution in [0.3, 0.4) is 0 Å². The molecular formula is C26H36ClN3O4S. The molecule has 0 aliphatic carbocycles. The number of benzene rings is 2. The summed E-state index contributed by atoms with van der Waals surface area (Å²) in [5.41, 5.74) is 2.01. The highest BCUT2D eigenvalue weighted by molar-refractivity contribution is 7.92. The smallest absolute Gasteiger partial charge is 0.244 e. The van der Waals surface area contributed by atoms with Crippen molar-refractivity contribution in [1.82, 2.24) is 10.2 Å². The van der Waals surface area contributed by atoms with E-state index in [2.05, 4.69) is 5.32 Å². The van der Waals surface area contributed by atoms with Gasteiger partial charge in [0.25, 0.3) is 0 Å². The number of nitrogens with zero attached hydrogens (tertiary/aromatic N) is 2. The average Bonchev–Trinajstić information content (AvgIpc) is 2.79. The third-order valence-electron chi connectivity index (χ3n) is 5.92. The number of hydrogen-bond donors (Lipinski definition) is 1. The Bertz CT molecular complexity index is 1140. The number of nitrogens with one attached hydrogen (secondary N) is 1. The van der Waals surface area contributed by atoms with E-state index in [1.165, 1.54) is 4.90 Å². The van der Waals surface area contributed by atoms with Gasteiger partial charge in [0.15, 0.2) is 0 Å². The lowest BCUT2D eigenvalue weighted by Crippen LogP contribution is -2.52. The monoisotopic (exact) mass is 521 g/mol. The molecule has 1 N–H and O–H groups in total. The SMILES string of the molecule is CC[C@H](C)NC(=O)[C@H](C)N(Cc1cccc(Cl)c1)C(=O)CN(c1ccccc1C(C)C)S(C)(=O)=O. The maximum Gasteiger partial charge on any atom is 0.244 e. The molecule has 0 saturated carbocycles. The number of hydrogen-bond acceptors (Lipinski definition) is 4. The molecule has 192 valence electrons. The molecule has 0 heterocycles. The van der Waals surface area contributed by atoms with Gasteiger partial charge in [-0.1, -0.05) is 62.7 Å². The van der Waals surface area contributed by atoms with E-state index >= 15 is 0 Å². The van der Waals surface area contributed by atoms with E-state index in [0.717, 1.165) is 28.1 Å². The van der Waals surface area contributed by atoms with Crippen LogP contribution in [0.4, 0.5) is 5.69 Å². The number of amides is 2. The minimum atomic E-state index is -3.79. The van der Waals surface area contributed by atoms with Crippen LogP contribution in [0.15, 0.2) is 48.5 Å². The molecule has 0 fully saturated rings. The van der Waals surface area contributed by atoms with Crippen molar-refractivity contribution in [2.75, 3.05) is 17.1 Å². The van der Waals surface area contributed by atoms with Crippen LogP contribution in [0.1, 0.15) is 58.1 Å². The lowest BCUT2D eigenvalue weighted by atomic mass is 10.0. The minimum absolute atomic E-state index is 0.0494. The standard InChI is InChI=1S/C26H36ClN3O4S/c1-7-19(4)28-26(32)20(5)29(16-21-11-10-12-22(27)15-21)25(31)17-30(35(6,33)34)24-14-9-8-13-23(24)18(2)3/h8-15,18-20H,7,16-17H2,1-6H3,(H,28,32)/t19-,20-/m0/s1. The molecule has 0 saturated heterocycles. The van der Waals surface area contributed by atoms with Gasteiger partial charge in [0.2, 0.25) is 21.8 Å². The Hall–Kier alpha value is -2.58. The number of halogens is 1. The molecule has 0 aliphatic rings. The Kier molecular flexibility index (Phi) is 10.2. The van der Waals surface area contributed by atoms with Gasteiger partial charge in [-0.05, 0) is 55.5 Å². The topological polar surface area (TPSA) is 86.8 Å². The fourth-order valence-electron chi connectivity index (χ4n) is 3.68. The molecule has 2 atom stereocenters. The summed E-state index contributed by atoms with van der Waals surface area (Å²) >= 11 is 6.14. The van der Waals surface area contributed by atoms with E-state index in [-0.39, 0.29) is 24.4 Å². The normalized spacial score (nSPS) is 13.3. The average molecular weight is 522 g/mol. The molecular weight excluding hydrogens is 486 g/mol. The summed E-state index contributed by atoms with van der Waals surface area (Å²) in [6.07, 6.45) is 1.83. The summed E-state index contributed by atoms with van der Waals surface area (Å²) in [5.74, 6) is -0.739. The quantitative estimate of drug-likeness (QED) is 0.469. The first-order valence-corrected chi connectivity index (χ1v) is 14.0. The number of carbonyl (C=O) groups is 2. The van der Waals surface area contributed by atoms with Crippen molar-refractivity contribution >= 4 is 39.1 Å². The molecule has 2 rings (SSSR count). The molecule has 2 aromatic rings. The minimum Gasteiger partial charge on any atom is -0.352 e. The van der Waals surface area contributed by atoms with Gasteiger partial charge in [0.05, 0.1) is 11.9 Å². The number of anilines is 1. The van der Waals surface area contributed by atoms with Crippen LogP contribution in [0, 0.1) is 0 Å². The largest absolute Gasteiger partial charge is 0.352 e. The summed E-state index contributed by atoms with van der Waals surface area (Å²) in [6, 6.07) is 13.3. The maximum absolute atomic E-state index is 13.7. The van der Waals surface area contributed by atoms with Crippen LogP contribution in [0.2, 0.25) is 5.02 Å². The molecule has 0 aromatic heterocycles. The van der Waals surface area contributed by atoms with Gasteiger partial charge in [-0.25, -0.2) is 8.42 Å². The Morgan fingerprint density at radius 1 is 1.03 bits per heavy atom. The van der Waals surface area contributed by atoms with Gasteiger partial charge in [-0.2, -0.15) is 0 Å². The van der Waals surface area contributed by atoms with Crippen LogP contribution in [0.25, 0.3) is 0 Å². The van der Waals surface area contributed by atoms with Crippen molar-refractivity contribution < 1.29 is 18.0 Å². The molecule has 2 amide bonds. The second kappa shape index (κ2) is 12.4. The van der Waals surface area contributed by atoms with Gasteiger partial charge in [0, 0.05) is 17.6 Å². The summed E-state index contributed by atoms with van der Waals surface area (Å²) in [7, 11) is -3.79. The molecule has 9 heteroatoms. The fourth-order valence-corrected chi connectivity index (χ4v) is 4.76. The lowest BCUT2D eigenvalue weighted by molar-refractivity contribution is -0.139. The predicted octanol–water partition coefficient (Wildman–Crippen LogP) is 4.56. The van der Waals surface area contributed by atoms with Gasteiger partial charge < -0.3 is 10.2 Å². The van der Waals surface area contributed by atoms with Crippen LogP contribution >= 0.6 is 11.6 Å². The van der Waals surface area contributed by atoms with Crippen LogP contribution in [-0.4, -0.2) is 50.0 Å². The van der Waals surface area contributed by atoms with Gasteiger partial charge >= 0.3 is 0 Å². The highest BCUT2D eigenvalue weighted by atomic mass is 35.5. The van der Waals surface area contributed by atoms with Crippen LogP contribution in [-0.2, 0) is 26.2 Å². The van der Waals surface area contributed by atoms with E-state index < -0.39 is 28.5 Å². The van der Waals surface area contributed by atoms with Crippen LogP contribution < -0.4 is 9.62 Å². The first kappa shape index (κ1) is 28.7. The summed E-state index contributed by atoms with van der Waals surface area (Å²) in [5, 5.41) is 3.42. The number of para-hydroxylation sites is 1.